The zero-order valence-electron chi connectivity index (χ0n) is 18.7. The Hall–Kier alpha value is -3.45. The van der Waals surface area contributed by atoms with Crippen LogP contribution >= 0.6 is 11.6 Å². The molecule has 3 amide bonds. The lowest BCUT2D eigenvalue weighted by molar-refractivity contribution is -0.123. The van der Waals surface area contributed by atoms with E-state index in [0.29, 0.717) is 22.0 Å². The SMILES string of the molecule is CC1=C[C@H]2C[C@H]1[C@@H]1C(=O)N(c3ccc(C(=O)OCC(=O)Nc4cccc(Cl)c4C)cc3)C(=O)[C@H]12. The number of halogens is 1. The summed E-state index contributed by atoms with van der Waals surface area (Å²) in [4.78, 5) is 51.9. The van der Waals surface area contributed by atoms with Crippen molar-refractivity contribution in [3.63, 3.8) is 0 Å². The zero-order valence-corrected chi connectivity index (χ0v) is 19.5. The van der Waals surface area contributed by atoms with E-state index in [9.17, 15) is 19.2 Å². The molecule has 2 fully saturated rings. The summed E-state index contributed by atoms with van der Waals surface area (Å²) >= 11 is 6.05. The lowest BCUT2D eigenvalue weighted by atomic mass is 9.82. The Kier molecular flexibility index (Phi) is 5.52. The third-order valence-electron chi connectivity index (χ3n) is 7.12. The largest absolute Gasteiger partial charge is 0.452 e. The van der Waals surface area contributed by atoms with Gasteiger partial charge in [-0.15, -0.1) is 0 Å². The fourth-order valence-electron chi connectivity index (χ4n) is 5.42. The highest BCUT2D eigenvalue weighted by molar-refractivity contribution is 6.31. The van der Waals surface area contributed by atoms with Crippen LogP contribution in [0.4, 0.5) is 11.4 Å². The van der Waals surface area contributed by atoms with Crippen molar-refractivity contribution in [3.8, 4) is 0 Å². The topological polar surface area (TPSA) is 92.8 Å². The van der Waals surface area contributed by atoms with Gasteiger partial charge in [-0.1, -0.05) is 29.3 Å². The van der Waals surface area contributed by atoms with Crippen molar-refractivity contribution in [3.05, 3.63) is 70.3 Å². The molecule has 3 aliphatic rings. The van der Waals surface area contributed by atoms with Crippen LogP contribution < -0.4 is 10.2 Å². The number of carbonyl (C=O) groups is 4. The number of esters is 1. The van der Waals surface area contributed by atoms with E-state index in [-0.39, 0.29) is 41.0 Å². The number of ether oxygens (including phenoxy) is 1. The van der Waals surface area contributed by atoms with E-state index in [4.69, 9.17) is 16.3 Å². The molecule has 2 bridgehead atoms. The van der Waals surface area contributed by atoms with Crippen LogP contribution in [-0.2, 0) is 19.1 Å². The van der Waals surface area contributed by atoms with Gasteiger partial charge in [-0.3, -0.25) is 19.3 Å². The van der Waals surface area contributed by atoms with Crippen molar-refractivity contribution >= 4 is 46.7 Å². The maximum atomic E-state index is 13.1. The van der Waals surface area contributed by atoms with Crippen molar-refractivity contribution in [2.75, 3.05) is 16.8 Å². The van der Waals surface area contributed by atoms with Crippen LogP contribution in [0, 0.1) is 30.6 Å². The summed E-state index contributed by atoms with van der Waals surface area (Å²) in [6.45, 7) is 3.34. The summed E-state index contributed by atoms with van der Waals surface area (Å²) in [6, 6.07) is 11.2. The van der Waals surface area contributed by atoms with E-state index >= 15 is 0 Å². The van der Waals surface area contributed by atoms with E-state index in [1.807, 2.05) is 6.92 Å². The highest BCUT2D eigenvalue weighted by Crippen LogP contribution is 2.55. The summed E-state index contributed by atoms with van der Waals surface area (Å²) < 4.78 is 5.11. The third-order valence-corrected chi connectivity index (χ3v) is 7.53. The summed E-state index contributed by atoms with van der Waals surface area (Å²) in [5, 5.41) is 3.18. The van der Waals surface area contributed by atoms with Gasteiger partial charge in [-0.25, -0.2) is 4.79 Å². The Morgan fingerprint density at radius 1 is 1.06 bits per heavy atom. The number of hydrogen-bond donors (Lipinski definition) is 1. The van der Waals surface area contributed by atoms with Gasteiger partial charge in [-0.05, 0) is 74.1 Å². The van der Waals surface area contributed by atoms with Crippen LogP contribution in [0.2, 0.25) is 5.02 Å². The minimum Gasteiger partial charge on any atom is -0.452 e. The fourth-order valence-corrected chi connectivity index (χ4v) is 5.59. The van der Waals surface area contributed by atoms with Gasteiger partial charge in [0.2, 0.25) is 11.8 Å². The van der Waals surface area contributed by atoms with Gasteiger partial charge >= 0.3 is 5.97 Å². The normalized spacial score (nSPS) is 24.8. The molecule has 5 rings (SSSR count). The molecule has 34 heavy (non-hydrogen) atoms. The molecule has 2 aromatic rings. The number of amides is 3. The maximum Gasteiger partial charge on any atom is 0.338 e. The van der Waals surface area contributed by atoms with Crippen LogP contribution in [0.3, 0.4) is 0 Å². The fraction of sp³-hybridized carbons (Fsp3) is 0.308. The second-order valence-corrected chi connectivity index (χ2v) is 9.47. The van der Waals surface area contributed by atoms with E-state index in [0.717, 1.165) is 6.42 Å². The maximum absolute atomic E-state index is 13.1. The number of benzene rings is 2. The van der Waals surface area contributed by atoms with Crippen LogP contribution in [0.15, 0.2) is 54.1 Å². The summed E-state index contributed by atoms with van der Waals surface area (Å²) in [6.07, 6.45) is 3.01. The van der Waals surface area contributed by atoms with Crippen LogP contribution in [0.25, 0.3) is 0 Å². The van der Waals surface area contributed by atoms with Gasteiger partial charge in [0.05, 0.1) is 23.1 Å². The molecule has 1 saturated heterocycles. The first kappa shape index (κ1) is 22.3. The molecule has 4 atom stereocenters. The summed E-state index contributed by atoms with van der Waals surface area (Å²) in [5.74, 6) is -1.80. The number of allylic oxidation sites excluding steroid dienone is 2. The number of carbonyl (C=O) groups excluding carboxylic acids is 4. The van der Waals surface area contributed by atoms with Crippen molar-refractivity contribution < 1.29 is 23.9 Å². The Bertz CT molecular complexity index is 1250. The average molecular weight is 479 g/mol. The number of nitrogens with zero attached hydrogens (tertiary/aromatic N) is 1. The van der Waals surface area contributed by atoms with Gasteiger partial charge in [-0.2, -0.15) is 0 Å². The van der Waals surface area contributed by atoms with E-state index in [1.165, 1.54) is 22.6 Å². The molecule has 1 heterocycles. The molecule has 8 heteroatoms. The number of nitrogens with one attached hydrogen (secondary N) is 1. The zero-order chi connectivity index (χ0) is 24.1. The van der Waals surface area contributed by atoms with Crippen LogP contribution in [0.5, 0.6) is 0 Å². The molecule has 0 unspecified atom stereocenters. The molecule has 1 aliphatic heterocycles. The van der Waals surface area contributed by atoms with Gasteiger partial charge in [0.1, 0.15) is 0 Å². The summed E-state index contributed by atoms with van der Waals surface area (Å²) in [5.41, 5.74) is 3.11. The third kappa shape index (κ3) is 3.60. The Morgan fingerprint density at radius 2 is 1.76 bits per heavy atom. The number of hydrogen-bond acceptors (Lipinski definition) is 5. The van der Waals surface area contributed by atoms with E-state index in [2.05, 4.69) is 11.4 Å². The molecule has 0 spiro atoms. The molecule has 1 saturated carbocycles. The van der Waals surface area contributed by atoms with Gasteiger partial charge in [0.15, 0.2) is 6.61 Å². The van der Waals surface area contributed by atoms with Gasteiger partial charge in [0, 0.05) is 10.7 Å². The minimum atomic E-state index is -0.682. The predicted octanol–water partition coefficient (Wildman–Crippen LogP) is 4.15. The van der Waals surface area contributed by atoms with Gasteiger partial charge in [0.25, 0.3) is 5.91 Å². The molecular formula is C26H23ClN2O5. The minimum absolute atomic E-state index is 0.132. The first-order valence-electron chi connectivity index (χ1n) is 11.1. The van der Waals surface area contributed by atoms with Crippen molar-refractivity contribution in [2.24, 2.45) is 23.7 Å². The molecule has 7 nitrogen and oxygen atoms in total. The Morgan fingerprint density at radius 3 is 2.50 bits per heavy atom. The lowest BCUT2D eigenvalue weighted by Crippen LogP contribution is -2.33. The summed E-state index contributed by atoms with van der Waals surface area (Å²) in [7, 11) is 0. The highest BCUT2D eigenvalue weighted by atomic mass is 35.5. The van der Waals surface area contributed by atoms with Crippen molar-refractivity contribution in [2.45, 2.75) is 20.3 Å². The molecule has 0 radical (unpaired) electrons. The first-order chi connectivity index (χ1) is 16.3. The monoisotopic (exact) mass is 478 g/mol. The molecular weight excluding hydrogens is 456 g/mol. The number of fused-ring (bicyclic) bond motifs is 5. The van der Waals surface area contributed by atoms with Crippen molar-refractivity contribution in [1.29, 1.82) is 0 Å². The van der Waals surface area contributed by atoms with Crippen LogP contribution in [-0.4, -0.2) is 30.3 Å². The molecule has 2 aliphatic carbocycles. The average Bonchev–Trinajstić information content (AvgIpc) is 3.45. The van der Waals surface area contributed by atoms with E-state index < -0.39 is 18.5 Å². The Labute approximate surface area is 201 Å². The van der Waals surface area contributed by atoms with Crippen molar-refractivity contribution in [1.82, 2.24) is 0 Å². The molecule has 0 aromatic heterocycles. The molecule has 1 N–H and O–H groups in total. The molecule has 2 aromatic carbocycles. The molecule has 174 valence electrons. The standard InChI is InChI=1S/C26H23ClN2O5/c1-13-10-16-11-18(13)23-22(16)24(31)29(25(23)32)17-8-6-15(7-9-17)26(33)34-12-21(30)28-20-5-3-4-19(27)14(20)2/h3-10,16,18,22-23H,11-12H2,1-2H3,(H,28,30)/t16-,18+,22-,23-/m0/s1. The van der Waals surface area contributed by atoms with E-state index in [1.54, 1.807) is 37.3 Å². The lowest BCUT2D eigenvalue weighted by Gasteiger charge is -2.19. The predicted molar refractivity (Wildman–Crippen MR) is 126 cm³/mol. The second-order valence-electron chi connectivity index (χ2n) is 9.06. The Balaban J connectivity index is 1.21. The number of imide groups is 1. The van der Waals surface area contributed by atoms with Gasteiger partial charge < -0.3 is 10.1 Å². The number of rotatable bonds is 5. The second kappa shape index (κ2) is 8.40. The number of anilines is 2. The first-order valence-corrected chi connectivity index (χ1v) is 11.5. The smallest absolute Gasteiger partial charge is 0.338 e. The van der Waals surface area contributed by atoms with Crippen LogP contribution in [0.1, 0.15) is 29.3 Å². The highest BCUT2D eigenvalue weighted by Gasteiger charge is 2.60. The quantitative estimate of drug-likeness (QED) is 0.396.